The summed E-state index contributed by atoms with van der Waals surface area (Å²) in [5.74, 6) is 0.885. The van der Waals surface area contributed by atoms with E-state index in [-0.39, 0.29) is 11.1 Å². The molecule has 0 saturated heterocycles. The first-order chi connectivity index (χ1) is 14.8. The number of benzene rings is 1. The molecule has 0 unspecified atom stereocenters. The number of aryl methyl sites for hydroxylation is 1. The van der Waals surface area contributed by atoms with E-state index in [1.165, 1.54) is 22.2 Å². The fraction of sp³-hybridized carbons (Fsp3) is 0.304. The lowest BCUT2D eigenvalue weighted by atomic mass is 10.1. The van der Waals surface area contributed by atoms with Crippen LogP contribution in [0.5, 0.6) is 0 Å². The molecule has 3 heterocycles. The average Bonchev–Trinajstić information content (AvgIpc) is 2.71. The van der Waals surface area contributed by atoms with Crippen LogP contribution in [-0.4, -0.2) is 18.9 Å². The van der Waals surface area contributed by atoms with Crippen LogP contribution in [0.3, 0.4) is 0 Å². The highest BCUT2D eigenvalue weighted by Gasteiger charge is 2.14. The van der Waals surface area contributed by atoms with Gasteiger partial charge < -0.3 is 0 Å². The molecule has 0 bridgehead atoms. The first-order valence-electron chi connectivity index (χ1n) is 10.1. The standard InChI is InChI=1S/C23H23ClN4O2S/c1-14(2)6-8-28-22(30)18-5-4-16(24)11-19(18)26-23(28)31-13-17-12-21(29)27-9-7-15(3)10-20(27)25-17/h4-5,7,9-12,14H,6,8,13H2,1-3H3. The predicted molar refractivity (Wildman–Crippen MR) is 126 cm³/mol. The van der Waals surface area contributed by atoms with E-state index in [2.05, 4.69) is 18.8 Å². The Kier molecular flexibility index (Phi) is 6.16. The minimum absolute atomic E-state index is 0.0769. The molecule has 4 rings (SSSR count). The summed E-state index contributed by atoms with van der Waals surface area (Å²) in [6.45, 7) is 6.80. The van der Waals surface area contributed by atoms with Gasteiger partial charge in [-0.2, -0.15) is 0 Å². The van der Waals surface area contributed by atoms with Gasteiger partial charge in [0.1, 0.15) is 5.65 Å². The lowest BCUT2D eigenvalue weighted by Gasteiger charge is -2.14. The van der Waals surface area contributed by atoms with E-state index in [4.69, 9.17) is 16.6 Å². The summed E-state index contributed by atoms with van der Waals surface area (Å²) in [5.41, 5.74) is 2.66. The Labute approximate surface area is 188 Å². The molecule has 0 N–H and O–H groups in total. The molecule has 8 heteroatoms. The maximum Gasteiger partial charge on any atom is 0.262 e. The Hall–Kier alpha value is -2.64. The van der Waals surface area contributed by atoms with Crippen LogP contribution in [-0.2, 0) is 12.3 Å². The highest BCUT2D eigenvalue weighted by molar-refractivity contribution is 7.98. The lowest BCUT2D eigenvalue weighted by molar-refractivity contribution is 0.481. The van der Waals surface area contributed by atoms with E-state index in [0.717, 1.165) is 12.0 Å². The van der Waals surface area contributed by atoms with Crippen LogP contribution >= 0.6 is 23.4 Å². The molecule has 0 aliphatic heterocycles. The number of fused-ring (bicyclic) bond motifs is 2. The van der Waals surface area contributed by atoms with E-state index in [1.54, 1.807) is 29.0 Å². The zero-order valence-corrected chi connectivity index (χ0v) is 19.2. The highest BCUT2D eigenvalue weighted by atomic mass is 35.5. The van der Waals surface area contributed by atoms with Gasteiger partial charge in [0.05, 0.1) is 16.6 Å². The molecule has 31 heavy (non-hydrogen) atoms. The van der Waals surface area contributed by atoms with Gasteiger partial charge in [0, 0.05) is 29.6 Å². The van der Waals surface area contributed by atoms with Crippen LogP contribution in [0.4, 0.5) is 0 Å². The fourth-order valence-corrected chi connectivity index (χ4v) is 4.42. The molecular weight excluding hydrogens is 432 g/mol. The van der Waals surface area contributed by atoms with Crippen molar-refractivity contribution in [3.05, 3.63) is 79.6 Å². The third-order valence-corrected chi connectivity index (χ3v) is 6.28. The summed E-state index contributed by atoms with van der Waals surface area (Å²) in [6, 6.07) is 10.4. The fourth-order valence-electron chi connectivity index (χ4n) is 3.33. The molecular formula is C23H23ClN4O2S. The van der Waals surface area contributed by atoms with Crippen molar-refractivity contribution in [2.24, 2.45) is 5.92 Å². The smallest absolute Gasteiger partial charge is 0.262 e. The van der Waals surface area contributed by atoms with Gasteiger partial charge in [-0.15, -0.1) is 0 Å². The van der Waals surface area contributed by atoms with Crippen LogP contribution < -0.4 is 11.1 Å². The zero-order chi connectivity index (χ0) is 22.1. The number of hydrogen-bond acceptors (Lipinski definition) is 5. The van der Waals surface area contributed by atoms with Crippen molar-refractivity contribution in [3.8, 4) is 0 Å². The summed E-state index contributed by atoms with van der Waals surface area (Å²) < 4.78 is 3.25. The van der Waals surface area contributed by atoms with Crippen molar-refractivity contribution in [3.63, 3.8) is 0 Å². The molecule has 0 aliphatic carbocycles. The molecule has 0 atom stereocenters. The van der Waals surface area contributed by atoms with Crippen LogP contribution in [0.2, 0.25) is 5.02 Å². The summed E-state index contributed by atoms with van der Waals surface area (Å²) in [4.78, 5) is 34.9. The van der Waals surface area contributed by atoms with Crippen molar-refractivity contribution in [1.82, 2.24) is 18.9 Å². The zero-order valence-electron chi connectivity index (χ0n) is 17.6. The van der Waals surface area contributed by atoms with Crippen molar-refractivity contribution in [1.29, 1.82) is 0 Å². The number of rotatable bonds is 6. The van der Waals surface area contributed by atoms with Gasteiger partial charge in [-0.1, -0.05) is 37.2 Å². The molecule has 0 spiro atoms. The van der Waals surface area contributed by atoms with E-state index in [0.29, 0.717) is 50.6 Å². The SMILES string of the molecule is Cc1ccn2c(=O)cc(CSc3nc4cc(Cl)ccc4c(=O)n3CCC(C)C)nc2c1. The van der Waals surface area contributed by atoms with E-state index in [1.807, 2.05) is 19.1 Å². The Balaban J connectivity index is 1.73. The third kappa shape index (κ3) is 4.67. The number of thioether (sulfide) groups is 1. The second kappa shape index (κ2) is 8.85. The minimum Gasteiger partial charge on any atom is -0.287 e. The van der Waals surface area contributed by atoms with Crippen LogP contribution in [0.25, 0.3) is 16.6 Å². The molecule has 0 fully saturated rings. The van der Waals surface area contributed by atoms with Crippen LogP contribution in [0.1, 0.15) is 31.5 Å². The molecule has 160 valence electrons. The lowest BCUT2D eigenvalue weighted by Crippen LogP contribution is -2.24. The summed E-state index contributed by atoms with van der Waals surface area (Å²) in [5, 5.41) is 1.69. The molecule has 0 radical (unpaired) electrons. The van der Waals surface area contributed by atoms with E-state index in [9.17, 15) is 9.59 Å². The maximum absolute atomic E-state index is 13.1. The number of pyridine rings is 1. The first-order valence-corrected chi connectivity index (χ1v) is 11.5. The largest absolute Gasteiger partial charge is 0.287 e. The molecule has 1 aromatic carbocycles. The number of aromatic nitrogens is 4. The van der Waals surface area contributed by atoms with Gasteiger partial charge >= 0.3 is 0 Å². The summed E-state index contributed by atoms with van der Waals surface area (Å²) in [7, 11) is 0. The van der Waals surface area contributed by atoms with Gasteiger partial charge in [-0.25, -0.2) is 9.97 Å². The molecule has 3 aromatic heterocycles. The van der Waals surface area contributed by atoms with Crippen molar-refractivity contribution < 1.29 is 0 Å². The van der Waals surface area contributed by atoms with Gasteiger partial charge in [0.25, 0.3) is 11.1 Å². The monoisotopic (exact) mass is 454 g/mol. The second-order valence-corrected chi connectivity index (χ2v) is 9.38. The van der Waals surface area contributed by atoms with Gasteiger partial charge in [-0.05, 0) is 55.2 Å². The summed E-state index contributed by atoms with van der Waals surface area (Å²) in [6.07, 6.45) is 2.60. The average molecular weight is 455 g/mol. The van der Waals surface area contributed by atoms with Crippen LogP contribution in [0, 0.1) is 12.8 Å². The highest BCUT2D eigenvalue weighted by Crippen LogP contribution is 2.23. The molecule has 0 saturated carbocycles. The topological polar surface area (TPSA) is 69.3 Å². The predicted octanol–water partition coefficient (Wildman–Crippen LogP) is 4.70. The molecule has 0 amide bonds. The third-order valence-electron chi connectivity index (χ3n) is 5.04. The first kappa shape index (κ1) is 21.6. The normalized spacial score (nSPS) is 11.6. The Morgan fingerprint density at radius 3 is 2.68 bits per heavy atom. The van der Waals surface area contributed by atoms with Gasteiger partial charge in [0.15, 0.2) is 5.16 Å². The van der Waals surface area contributed by atoms with Gasteiger partial charge in [-0.3, -0.25) is 18.6 Å². The molecule has 6 nitrogen and oxygen atoms in total. The summed E-state index contributed by atoms with van der Waals surface area (Å²) >= 11 is 7.53. The molecule has 0 aliphatic rings. The van der Waals surface area contributed by atoms with Gasteiger partial charge in [0.2, 0.25) is 0 Å². The minimum atomic E-state index is -0.129. The van der Waals surface area contributed by atoms with Crippen LogP contribution in [0.15, 0.2) is 57.3 Å². The Morgan fingerprint density at radius 2 is 1.90 bits per heavy atom. The van der Waals surface area contributed by atoms with Crippen molar-refractivity contribution in [2.75, 3.05) is 0 Å². The van der Waals surface area contributed by atoms with Crippen molar-refractivity contribution in [2.45, 2.75) is 44.6 Å². The van der Waals surface area contributed by atoms with E-state index >= 15 is 0 Å². The molecule has 4 aromatic rings. The number of hydrogen-bond donors (Lipinski definition) is 0. The maximum atomic E-state index is 13.1. The van der Waals surface area contributed by atoms with E-state index < -0.39 is 0 Å². The Morgan fingerprint density at radius 1 is 1.10 bits per heavy atom. The number of halogens is 1. The van der Waals surface area contributed by atoms with Crippen molar-refractivity contribution >= 4 is 39.9 Å². The quantitative estimate of drug-likeness (QED) is 0.312. The Bertz CT molecular complexity index is 1390. The second-order valence-electron chi connectivity index (χ2n) is 8.00. The number of nitrogens with zero attached hydrogens (tertiary/aromatic N) is 4.